The summed E-state index contributed by atoms with van der Waals surface area (Å²) in [6, 6.07) is 3.61. The molecule has 8 aliphatic rings. The number of hydrogen-bond acceptors (Lipinski definition) is 6. The zero-order valence-electron chi connectivity index (χ0n) is 26.6. The van der Waals surface area contributed by atoms with E-state index in [4.69, 9.17) is 4.74 Å². The third-order valence-electron chi connectivity index (χ3n) is 12.5. The number of halogens is 2. The zero-order valence-corrected chi connectivity index (χ0v) is 26.6. The minimum Gasteiger partial charge on any atom is -0.493 e. The molecule has 3 saturated heterocycles. The Bertz CT molecular complexity index is 1450. The van der Waals surface area contributed by atoms with Crippen LogP contribution in [0.1, 0.15) is 87.1 Å². The summed E-state index contributed by atoms with van der Waals surface area (Å²) in [5.41, 5.74) is 1.58. The molecule has 46 heavy (non-hydrogen) atoms. The molecule has 4 heterocycles. The SMILES string of the molecule is CC12CC(C(=O)N3CCC(C4CN([C@H]5[C@H](COc6ccc7c(c6)CN(C6CCC(=O)NC6=O)C7=O)CCCC5(F)F)C4)CC3)(C1)C2. The first kappa shape index (κ1) is 30.3. The van der Waals surface area contributed by atoms with Crippen LogP contribution >= 0.6 is 0 Å². The van der Waals surface area contributed by atoms with Gasteiger partial charge in [0.2, 0.25) is 17.7 Å². The summed E-state index contributed by atoms with van der Waals surface area (Å²) in [5, 5.41) is 2.31. The summed E-state index contributed by atoms with van der Waals surface area (Å²) in [7, 11) is 0. The van der Waals surface area contributed by atoms with Crippen LogP contribution in [0.4, 0.5) is 8.78 Å². The van der Waals surface area contributed by atoms with E-state index in [2.05, 4.69) is 17.1 Å². The summed E-state index contributed by atoms with van der Waals surface area (Å²) < 4.78 is 37.1. The van der Waals surface area contributed by atoms with E-state index in [9.17, 15) is 19.2 Å². The second-order valence-corrected chi connectivity index (χ2v) is 15.9. The van der Waals surface area contributed by atoms with Crippen LogP contribution in [0.15, 0.2) is 18.2 Å². The van der Waals surface area contributed by atoms with E-state index in [-0.39, 0.29) is 49.1 Å². The number of nitrogens with one attached hydrogen (secondary N) is 1. The van der Waals surface area contributed by atoms with Crippen molar-refractivity contribution in [3.63, 3.8) is 0 Å². The number of alkyl halides is 2. The van der Waals surface area contributed by atoms with Crippen LogP contribution in [0.2, 0.25) is 0 Å². The van der Waals surface area contributed by atoms with E-state index in [1.54, 1.807) is 18.2 Å². The van der Waals surface area contributed by atoms with E-state index >= 15 is 8.78 Å². The summed E-state index contributed by atoms with van der Waals surface area (Å²) >= 11 is 0. The topological polar surface area (TPSA) is 99.3 Å². The van der Waals surface area contributed by atoms with Crippen molar-refractivity contribution in [2.24, 2.45) is 28.6 Å². The van der Waals surface area contributed by atoms with Gasteiger partial charge in [-0.05, 0) is 92.4 Å². The number of likely N-dealkylation sites (tertiary alicyclic amines) is 2. The Hall–Kier alpha value is -3.08. The number of hydrogen-bond donors (Lipinski definition) is 1. The number of ether oxygens (including phenoxy) is 1. The molecule has 248 valence electrons. The molecular formula is C35H44F2N4O5. The Morgan fingerprint density at radius 2 is 1.76 bits per heavy atom. The lowest BCUT2D eigenvalue weighted by molar-refractivity contribution is -0.210. The van der Waals surface area contributed by atoms with Gasteiger partial charge in [-0.3, -0.25) is 29.4 Å². The van der Waals surface area contributed by atoms with Crippen molar-refractivity contribution in [3.8, 4) is 5.75 Å². The maximum atomic E-state index is 15.5. The van der Waals surface area contributed by atoms with Gasteiger partial charge in [0.15, 0.2) is 0 Å². The molecule has 1 N–H and O–H groups in total. The van der Waals surface area contributed by atoms with Gasteiger partial charge in [0.05, 0.1) is 18.1 Å². The van der Waals surface area contributed by atoms with E-state index in [1.807, 2.05) is 4.90 Å². The molecule has 7 fully saturated rings. The number of benzene rings is 1. The first-order chi connectivity index (χ1) is 21.9. The Morgan fingerprint density at radius 3 is 2.46 bits per heavy atom. The monoisotopic (exact) mass is 638 g/mol. The fourth-order valence-electron chi connectivity index (χ4n) is 10.3. The number of imide groups is 1. The van der Waals surface area contributed by atoms with E-state index in [1.165, 1.54) is 4.90 Å². The molecule has 0 radical (unpaired) electrons. The fraction of sp³-hybridized carbons (Fsp3) is 0.714. The summed E-state index contributed by atoms with van der Waals surface area (Å²) in [5.74, 6) is -2.37. The van der Waals surface area contributed by atoms with Gasteiger partial charge in [0.1, 0.15) is 11.8 Å². The van der Waals surface area contributed by atoms with Crippen LogP contribution in [0.5, 0.6) is 5.75 Å². The standard InChI is InChI=1S/C35H44F2N4O5/c1-33-18-34(19-33,20-33)32(45)39-11-8-21(9-12-39)24-14-40(15-24)29-22(3-2-10-35(29,36)37)17-46-25-4-5-26-23(13-25)16-41(31(26)44)27-6-7-28(42)38-30(27)43/h4-5,13,21-22,24,27,29H,2-3,6-12,14-20H2,1H3,(H,38,42,43)/t22-,27?,29-,33?,34?/m0/s1. The van der Waals surface area contributed by atoms with Crippen LogP contribution in [-0.2, 0) is 20.9 Å². The summed E-state index contributed by atoms with van der Waals surface area (Å²) in [6.07, 6.45) is 6.59. The van der Waals surface area contributed by atoms with Crippen molar-refractivity contribution in [1.29, 1.82) is 0 Å². The van der Waals surface area contributed by atoms with Crippen molar-refractivity contribution in [2.75, 3.05) is 32.8 Å². The van der Waals surface area contributed by atoms with Crippen molar-refractivity contribution < 1.29 is 32.7 Å². The summed E-state index contributed by atoms with van der Waals surface area (Å²) in [6.45, 7) is 5.64. The predicted molar refractivity (Wildman–Crippen MR) is 163 cm³/mol. The molecule has 4 aliphatic carbocycles. The maximum absolute atomic E-state index is 15.5. The number of fused-ring (bicyclic) bond motifs is 1. The molecule has 4 saturated carbocycles. The van der Waals surface area contributed by atoms with Crippen LogP contribution in [-0.4, -0.2) is 89.1 Å². The lowest BCUT2D eigenvalue weighted by Gasteiger charge is -2.69. The Kier molecular flexibility index (Phi) is 7.05. The highest BCUT2D eigenvalue weighted by Crippen LogP contribution is 2.73. The fourth-order valence-corrected chi connectivity index (χ4v) is 10.3. The normalized spacial score (nSPS) is 36.0. The molecule has 11 heteroatoms. The largest absolute Gasteiger partial charge is 0.493 e. The molecule has 0 aromatic heterocycles. The van der Waals surface area contributed by atoms with Crippen LogP contribution in [0, 0.1) is 28.6 Å². The van der Waals surface area contributed by atoms with E-state index in [0.29, 0.717) is 66.8 Å². The van der Waals surface area contributed by atoms with Crippen LogP contribution in [0.25, 0.3) is 0 Å². The van der Waals surface area contributed by atoms with Gasteiger partial charge >= 0.3 is 0 Å². The minimum absolute atomic E-state index is 0.0636. The number of amides is 4. The highest BCUT2D eigenvalue weighted by Gasteiger charge is 2.69. The lowest BCUT2D eigenvalue weighted by Crippen LogP contribution is -2.67. The Morgan fingerprint density at radius 1 is 1.02 bits per heavy atom. The average Bonchev–Trinajstić information content (AvgIpc) is 3.29. The lowest BCUT2D eigenvalue weighted by atomic mass is 9.35. The minimum atomic E-state index is -2.78. The number of carbonyl (C=O) groups excluding carboxylic acids is 4. The predicted octanol–water partition coefficient (Wildman–Crippen LogP) is 3.99. The quantitative estimate of drug-likeness (QED) is 0.454. The van der Waals surface area contributed by atoms with Crippen molar-refractivity contribution in [3.05, 3.63) is 29.3 Å². The molecule has 9 rings (SSSR count). The van der Waals surface area contributed by atoms with Crippen LogP contribution < -0.4 is 10.1 Å². The van der Waals surface area contributed by atoms with Crippen LogP contribution in [0.3, 0.4) is 0 Å². The highest BCUT2D eigenvalue weighted by molar-refractivity contribution is 6.05. The Balaban J connectivity index is 0.856. The number of rotatable bonds is 7. The molecule has 3 atom stereocenters. The van der Waals surface area contributed by atoms with Gasteiger partial charge in [0, 0.05) is 57.0 Å². The van der Waals surface area contributed by atoms with Gasteiger partial charge in [-0.2, -0.15) is 0 Å². The second kappa shape index (κ2) is 10.7. The van der Waals surface area contributed by atoms with Crippen molar-refractivity contribution in [2.45, 2.75) is 95.7 Å². The molecule has 4 aliphatic heterocycles. The van der Waals surface area contributed by atoms with Gasteiger partial charge in [-0.25, -0.2) is 8.78 Å². The first-order valence-corrected chi connectivity index (χ1v) is 17.3. The number of nitrogens with zero attached hydrogens (tertiary/aromatic N) is 3. The smallest absolute Gasteiger partial charge is 0.263 e. The molecular weight excluding hydrogens is 594 g/mol. The second-order valence-electron chi connectivity index (χ2n) is 15.9. The zero-order chi connectivity index (χ0) is 32.0. The van der Waals surface area contributed by atoms with Gasteiger partial charge in [0.25, 0.3) is 11.8 Å². The van der Waals surface area contributed by atoms with Gasteiger partial charge < -0.3 is 14.5 Å². The number of piperidine rings is 2. The van der Waals surface area contributed by atoms with E-state index in [0.717, 1.165) is 50.8 Å². The molecule has 9 nitrogen and oxygen atoms in total. The van der Waals surface area contributed by atoms with Crippen molar-refractivity contribution in [1.82, 2.24) is 20.0 Å². The first-order valence-electron chi connectivity index (χ1n) is 17.3. The third-order valence-corrected chi connectivity index (χ3v) is 12.5. The number of carbonyl (C=O) groups is 4. The highest BCUT2D eigenvalue weighted by atomic mass is 19.3. The molecule has 2 bridgehead atoms. The third kappa shape index (κ3) is 4.94. The molecule has 1 aromatic carbocycles. The Labute approximate surface area is 268 Å². The molecule has 0 spiro atoms. The van der Waals surface area contributed by atoms with Crippen molar-refractivity contribution >= 4 is 23.6 Å². The molecule has 1 unspecified atom stereocenters. The maximum Gasteiger partial charge on any atom is 0.263 e. The molecule has 1 aromatic rings. The average molecular weight is 639 g/mol. The van der Waals surface area contributed by atoms with Gasteiger partial charge in [-0.15, -0.1) is 0 Å². The summed E-state index contributed by atoms with van der Waals surface area (Å²) in [4.78, 5) is 55.7. The van der Waals surface area contributed by atoms with Gasteiger partial charge in [-0.1, -0.05) is 6.92 Å². The van der Waals surface area contributed by atoms with E-state index < -0.39 is 23.9 Å². The molecule has 4 amide bonds.